The zero-order valence-electron chi connectivity index (χ0n) is 15.9. The SMILES string of the molecule is C[C@]1(C(=O)N2CCN(C(=O)Cc3c[nH]c4ccccc34)CC2)CC[C@H](N)C1. The second kappa shape index (κ2) is 7.00. The van der Waals surface area contributed by atoms with Crippen LogP contribution in [0.25, 0.3) is 10.9 Å². The van der Waals surface area contributed by atoms with E-state index in [-0.39, 0.29) is 23.3 Å². The first-order chi connectivity index (χ1) is 13.0. The number of piperazine rings is 1. The van der Waals surface area contributed by atoms with Crippen LogP contribution in [-0.2, 0) is 16.0 Å². The second-order valence-corrected chi connectivity index (χ2v) is 8.27. The van der Waals surface area contributed by atoms with Crippen molar-refractivity contribution in [2.24, 2.45) is 11.1 Å². The summed E-state index contributed by atoms with van der Waals surface area (Å²) in [5, 5.41) is 1.10. The Hall–Kier alpha value is -2.34. The van der Waals surface area contributed by atoms with E-state index in [0.717, 1.165) is 35.7 Å². The first-order valence-corrected chi connectivity index (χ1v) is 9.84. The molecule has 4 rings (SSSR count). The number of aromatic nitrogens is 1. The van der Waals surface area contributed by atoms with Gasteiger partial charge in [0.15, 0.2) is 0 Å². The van der Waals surface area contributed by atoms with Crippen LogP contribution in [0.4, 0.5) is 0 Å². The fraction of sp³-hybridized carbons (Fsp3) is 0.524. The van der Waals surface area contributed by atoms with Crippen molar-refractivity contribution in [1.82, 2.24) is 14.8 Å². The zero-order chi connectivity index (χ0) is 19.0. The maximum atomic E-state index is 12.9. The molecule has 2 aliphatic rings. The third-order valence-corrected chi connectivity index (χ3v) is 6.23. The minimum Gasteiger partial charge on any atom is -0.361 e. The van der Waals surface area contributed by atoms with E-state index in [1.54, 1.807) is 0 Å². The number of hydrogen-bond donors (Lipinski definition) is 2. The van der Waals surface area contributed by atoms with Crippen molar-refractivity contribution in [2.45, 2.75) is 38.6 Å². The van der Waals surface area contributed by atoms with Crippen LogP contribution < -0.4 is 5.73 Å². The maximum absolute atomic E-state index is 12.9. The number of para-hydroxylation sites is 1. The molecular formula is C21H28N4O2. The van der Waals surface area contributed by atoms with Crippen LogP contribution in [0.1, 0.15) is 31.7 Å². The van der Waals surface area contributed by atoms with Gasteiger partial charge in [0.25, 0.3) is 0 Å². The zero-order valence-corrected chi connectivity index (χ0v) is 15.9. The van der Waals surface area contributed by atoms with E-state index < -0.39 is 0 Å². The molecule has 6 heteroatoms. The predicted octanol–water partition coefficient (Wildman–Crippen LogP) is 1.90. The number of H-pyrrole nitrogens is 1. The van der Waals surface area contributed by atoms with Crippen molar-refractivity contribution in [2.75, 3.05) is 26.2 Å². The Bertz CT molecular complexity index is 853. The largest absolute Gasteiger partial charge is 0.361 e. The number of nitrogens with two attached hydrogens (primary N) is 1. The number of rotatable bonds is 3. The highest BCUT2D eigenvalue weighted by atomic mass is 16.2. The highest BCUT2D eigenvalue weighted by Crippen LogP contribution is 2.38. The highest BCUT2D eigenvalue weighted by molar-refractivity contribution is 5.89. The number of nitrogens with one attached hydrogen (secondary N) is 1. The van der Waals surface area contributed by atoms with Gasteiger partial charge in [-0.15, -0.1) is 0 Å². The van der Waals surface area contributed by atoms with Crippen molar-refractivity contribution < 1.29 is 9.59 Å². The van der Waals surface area contributed by atoms with Gasteiger partial charge >= 0.3 is 0 Å². The van der Waals surface area contributed by atoms with E-state index in [4.69, 9.17) is 5.73 Å². The average Bonchev–Trinajstić information content (AvgIpc) is 3.25. The van der Waals surface area contributed by atoms with Gasteiger partial charge in [0.1, 0.15) is 0 Å². The summed E-state index contributed by atoms with van der Waals surface area (Å²) in [6, 6.07) is 8.17. The number of fused-ring (bicyclic) bond motifs is 1. The van der Waals surface area contributed by atoms with E-state index in [1.807, 2.05) is 47.2 Å². The molecule has 3 N–H and O–H groups in total. The lowest BCUT2D eigenvalue weighted by Crippen LogP contribution is -2.54. The van der Waals surface area contributed by atoms with E-state index in [0.29, 0.717) is 32.6 Å². The molecule has 2 amide bonds. The molecule has 6 nitrogen and oxygen atoms in total. The van der Waals surface area contributed by atoms with E-state index in [2.05, 4.69) is 4.98 Å². The Labute approximate surface area is 159 Å². The topological polar surface area (TPSA) is 82.4 Å². The standard InChI is InChI=1S/C21H28N4O2/c1-21(7-6-16(22)13-21)20(27)25-10-8-24(9-11-25)19(26)12-15-14-23-18-5-3-2-4-17(15)18/h2-5,14,16,23H,6-13,22H2,1H3/t16-,21-/m0/s1. The van der Waals surface area contributed by atoms with Gasteiger partial charge in [-0.3, -0.25) is 9.59 Å². The van der Waals surface area contributed by atoms with Crippen LogP contribution in [-0.4, -0.2) is 58.8 Å². The molecule has 144 valence electrons. The molecule has 1 saturated carbocycles. The number of amides is 2. The van der Waals surface area contributed by atoms with Gasteiger partial charge < -0.3 is 20.5 Å². The molecule has 1 aliphatic carbocycles. The highest BCUT2D eigenvalue weighted by Gasteiger charge is 2.42. The van der Waals surface area contributed by atoms with E-state index >= 15 is 0 Å². The number of benzene rings is 1. The molecule has 2 aromatic rings. The molecule has 2 fully saturated rings. The van der Waals surface area contributed by atoms with Crippen LogP contribution in [0, 0.1) is 5.41 Å². The molecule has 1 aromatic carbocycles. The molecule has 1 saturated heterocycles. The van der Waals surface area contributed by atoms with Crippen molar-refractivity contribution in [1.29, 1.82) is 0 Å². The number of hydrogen-bond acceptors (Lipinski definition) is 3. The van der Waals surface area contributed by atoms with Crippen LogP contribution in [0.15, 0.2) is 30.5 Å². The predicted molar refractivity (Wildman–Crippen MR) is 105 cm³/mol. The van der Waals surface area contributed by atoms with Crippen molar-refractivity contribution in [3.8, 4) is 0 Å². The Balaban J connectivity index is 1.35. The average molecular weight is 368 g/mol. The molecule has 0 bridgehead atoms. The van der Waals surface area contributed by atoms with Gasteiger partial charge in [-0.05, 0) is 30.9 Å². The van der Waals surface area contributed by atoms with Crippen molar-refractivity contribution in [3.05, 3.63) is 36.0 Å². The number of nitrogens with zero attached hydrogens (tertiary/aromatic N) is 2. The molecular weight excluding hydrogens is 340 g/mol. The summed E-state index contributed by atoms with van der Waals surface area (Å²) in [7, 11) is 0. The summed E-state index contributed by atoms with van der Waals surface area (Å²) in [4.78, 5) is 32.7. The molecule has 0 unspecified atom stereocenters. The minimum absolute atomic E-state index is 0.126. The fourth-order valence-corrected chi connectivity index (χ4v) is 4.57. The van der Waals surface area contributed by atoms with Crippen LogP contribution in [0.2, 0.25) is 0 Å². The molecule has 27 heavy (non-hydrogen) atoms. The summed E-state index contributed by atoms with van der Waals surface area (Å²) in [5.41, 5.74) is 7.78. The number of aromatic amines is 1. The smallest absolute Gasteiger partial charge is 0.228 e. The van der Waals surface area contributed by atoms with Crippen molar-refractivity contribution in [3.63, 3.8) is 0 Å². The number of carbonyl (C=O) groups is 2. The Kier molecular flexibility index (Phi) is 4.68. The van der Waals surface area contributed by atoms with Gasteiger partial charge in [-0.1, -0.05) is 25.1 Å². The van der Waals surface area contributed by atoms with Gasteiger partial charge in [0, 0.05) is 54.7 Å². The quantitative estimate of drug-likeness (QED) is 0.868. The lowest BCUT2D eigenvalue weighted by molar-refractivity contribution is -0.146. The summed E-state index contributed by atoms with van der Waals surface area (Å²) < 4.78 is 0. The molecule has 1 aromatic heterocycles. The van der Waals surface area contributed by atoms with Crippen LogP contribution >= 0.6 is 0 Å². The summed E-state index contributed by atoms with van der Waals surface area (Å²) in [6.07, 6.45) is 4.88. The monoisotopic (exact) mass is 368 g/mol. The Morgan fingerprint density at radius 3 is 2.59 bits per heavy atom. The van der Waals surface area contributed by atoms with Gasteiger partial charge in [0.05, 0.1) is 6.42 Å². The van der Waals surface area contributed by atoms with Crippen molar-refractivity contribution >= 4 is 22.7 Å². The maximum Gasteiger partial charge on any atom is 0.228 e. The van der Waals surface area contributed by atoms with Gasteiger partial charge in [-0.2, -0.15) is 0 Å². The normalized spacial score (nSPS) is 25.9. The second-order valence-electron chi connectivity index (χ2n) is 8.27. The van der Waals surface area contributed by atoms with E-state index in [9.17, 15) is 9.59 Å². The minimum atomic E-state index is -0.324. The third kappa shape index (κ3) is 3.46. The first kappa shape index (κ1) is 18.0. The molecule has 2 heterocycles. The van der Waals surface area contributed by atoms with E-state index in [1.165, 1.54) is 0 Å². The van der Waals surface area contributed by atoms with Crippen LogP contribution in [0.5, 0.6) is 0 Å². The summed E-state index contributed by atoms with van der Waals surface area (Å²) in [5.74, 6) is 0.333. The Morgan fingerprint density at radius 2 is 1.89 bits per heavy atom. The summed E-state index contributed by atoms with van der Waals surface area (Å²) in [6.45, 7) is 4.48. The third-order valence-electron chi connectivity index (χ3n) is 6.23. The molecule has 0 spiro atoms. The Morgan fingerprint density at radius 1 is 1.19 bits per heavy atom. The summed E-state index contributed by atoms with van der Waals surface area (Å²) >= 11 is 0. The molecule has 0 radical (unpaired) electrons. The first-order valence-electron chi connectivity index (χ1n) is 9.84. The van der Waals surface area contributed by atoms with Gasteiger partial charge in [-0.25, -0.2) is 0 Å². The van der Waals surface area contributed by atoms with Crippen LogP contribution in [0.3, 0.4) is 0 Å². The molecule has 1 aliphatic heterocycles. The lowest BCUT2D eigenvalue weighted by atomic mass is 9.86. The lowest BCUT2D eigenvalue weighted by Gasteiger charge is -2.38. The fourth-order valence-electron chi connectivity index (χ4n) is 4.57. The number of carbonyl (C=O) groups excluding carboxylic acids is 2. The van der Waals surface area contributed by atoms with Gasteiger partial charge in [0.2, 0.25) is 11.8 Å². The molecule has 2 atom stereocenters.